The molecular formula is C21H29N5O. The first-order valence-electron chi connectivity index (χ1n) is 9.91. The fourth-order valence-electron chi connectivity index (χ4n) is 4.36. The zero-order chi connectivity index (χ0) is 19.0. The Bertz CT molecular complexity index is 792. The molecule has 0 bridgehead atoms. The number of carbonyl (C=O) groups is 1. The average Bonchev–Trinajstić information content (AvgIpc) is 3.08. The number of para-hydroxylation sites is 1. The number of benzene rings is 1. The quantitative estimate of drug-likeness (QED) is 0.833. The predicted molar refractivity (Wildman–Crippen MR) is 107 cm³/mol. The van der Waals surface area contributed by atoms with Crippen LogP contribution >= 0.6 is 0 Å². The van der Waals surface area contributed by atoms with Gasteiger partial charge in [0.05, 0.1) is 17.7 Å². The van der Waals surface area contributed by atoms with Crippen LogP contribution in [0.3, 0.4) is 0 Å². The van der Waals surface area contributed by atoms with Crippen LogP contribution in [-0.2, 0) is 18.3 Å². The number of fused-ring (bicyclic) bond motifs is 1. The number of aromatic nitrogens is 2. The van der Waals surface area contributed by atoms with E-state index in [1.807, 2.05) is 28.9 Å². The van der Waals surface area contributed by atoms with Gasteiger partial charge in [0.15, 0.2) is 0 Å². The Hall–Kier alpha value is -2.34. The van der Waals surface area contributed by atoms with Crippen LogP contribution in [0.15, 0.2) is 36.7 Å². The number of imidazole rings is 1. The molecule has 1 aromatic carbocycles. The molecule has 27 heavy (non-hydrogen) atoms. The molecule has 0 aliphatic carbocycles. The highest BCUT2D eigenvalue weighted by molar-refractivity contribution is 5.84. The number of hydrogen-bond donors (Lipinski definition) is 0. The molecule has 6 heteroatoms. The summed E-state index contributed by atoms with van der Waals surface area (Å²) in [7, 11) is 2.00. The van der Waals surface area contributed by atoms with E-state index in [2.05, 4.69) is 52.9 Å². The fourth-order valence-corrected chi connectivity index (χ4v) is 4.36. The van der Waals surface area contributed by atoms with Crippen LogP contribution in [-0.4, -0.2) is 64.0 Å². The molecule has 1 atom stereocenters. The van der Waals surface area contributed by atoms with Crippen LogP contribution in [0.5, 0.6) is 0 Å². The minimum Gasteiger partial charge on any atom is -0.368 e. The third-order valence-electron chi connectivity index (χ3n) is 5.87. The van der Waals surface area contributed by atoms with Crippen LogP contribution < -0.4 is 4.90 Å². The Balaban J connectivity index is 1.52. The van der Waals surface area contributed by atoms with E-state index in [0.717, 1.165) is 50.5 Å². The lowest BCUT2D eigenvalue weighted by molar-refractivity contribution is -0.139. The molecule has 1 amide bonds. The van der Waals surface area contributed by atoms with Crippen molar-refractivity contribution < 1.29 is 4.79 Å². The van der Waals surface area contributed by atoms with Crippen molar-refractivity contribution >= 4 is 11.6 Å². The topological polar surface area (TPSA) is 44.6 Å². The van der Waals surface area contributed by atoms with Gasteiger partial charge < -0.3 is 14.4 Å². The summed E-state index contributed by atoms with van der Waals surface area (Å²) in [5, 5.41) is 0. The van der Waals surface area contributed by atoms with Gasteiger partial charge >= 0.3 is 0 Å². The lowest BCUT2D eigenvalue weighted by atomic mass is 9.99. The van der Waals surface area contributed by atoms with Crippen molar-refractivity contribution in [3.05, 3.63) is 48.0 Å². The summed E-state index contributed by atoms with van der Waals surface area (Å²) in [4.78, 5) is 24.8. The molecular weight excluding hydrogens is 338 g/mol. The van der Waals surface area contributed by atoms with Crippen molar-refractivity contribution in [2.75, 3.05) is 37.6 Å². The molecule has 1 fully saturated rings. The van der Waals surface area contributed by atoms with Gasteiger partial charge in [-0.3, -0.25) is 9.69 Å². The number of aryl methyl sites for hydroxylation is 1. The minimum absolute atomic E-state index is 0.218. The van der Waals surface area contributed by atoms with Gasteiger partial charge in [0.25, 0.3) is 0 Å². The molecule has 2 aliphatic heterocycles. The molecule has 3 heterocycles. The summed E-state index contributed by atoms with van der Waals surface area (Å²) in [5.41, 5.74) is 3.39. The smallest absolute Gasteiger partial charge is 0.246 e. The number of carbonyl (C=O) groups excluding carboxylic acids is 1. The normalized spacial score (nSPS) is 20.8. The summed E-state index contributed by atoms with van der Waals surface area (Å²) in [6.07, 6.45) is 2.77. The number of amides is 1. The van der Waals surface area contributed by atoms with Crippen LogP contribution in [0.2, 0.25) is 0 Å². The van der Waals surface area contributed by atoms with E-state index in [0.29, 0.717) is 6.04 Å². The first kappa shape index (κ1) is 18.0. The summed E-state index contributed by atoms with van der Waals surface area (Å²) in [6, 6.07) is 10.6. The molecule has 6 nitrogen and oxygen atoms in total. The minimum atomic E-state index is -0.218. The van der Waals surface area contributed by atoms with Gasteiger partial charge in [-0.15, -0.1) is 0 Å². The molecule has 0 N–H and O–H groups in total. The maximum absolute atomic E-state index is 13.5. The summed E-state index contributed by atoms with van der Waals surface area (Å²) >= 11 is 0. The second kappa shape index (κ2) is 7.35. The second-order valence-electron chi connectivity index (χ2n) is 7.82. The molecule has 144 valence electrons. The molecule has 1 unspecified atom stereocenters. The van der Waals surface area contributed by atoms with E-state index in [9.17, 15) is 4.79 Å². The molecule has 4 rings (SSSR count). The highest BCUT2D eigenvalue weighted by atomic mass is 16.2. The van der Waals surface area contributed by atoms with E-state index in [1.54, 1.807) is 0 Å². The summed E-state index contributed by atoms with van der Waals surface area (Å²) in [5.74, 6) is 0.223. The molecule has 0 saturated carbocycles. The van der Waals surface area contributed by atoms with Crippen molar-refractivity contribution in [1.82, 2.24) is 19.4 Å². The SMILES string of the molecule is CC(C)N1CCc2ncn(C)c2C1C(=O)N1CCN(c2ccccc2)CC1. The fraction of sp³-hybridized carbons (Fsp3) is 0.524. The van der Waals surface area contributed by atoms with E-state index >= 15 is 0 Å². The van der Waals surface area contributed by atoms with Crippen LogP contribution in [0, 0.1) is 0 Å². The van der Waals surface area contributed by atoms with E-state index < -0.39 is 0 Å². The highest BCUT2D eigenvalue weighted by Crippen LogP contribution is 2.32. The molecule has 0 radical (unpaired) electrons. The van der Waals surface area contributed by atoms with Gasteiger partial charge in [-0.25, -0.2) is 4.98 Å². The number of anilines is 1. The monoisotopic (exact) mass is 367 g/mol. The maximum Gasteiger partial charge on any atom is 0.246 e. The van der Waals surface area contributed by atoms with Gasteiger partial charge in [0.2, 0.25) is 5.91 Å². The second-order valence-corrected chi connectivity index (χ2v) is 7.82. The Kier molecular flexibility index (Phi) is 4.91. The largest absolute Gasteiger partial charge is 0.368 e. The van der Waals surface area contributed by atoms with Gasteiger partial charge in [0, 0.05) is 57.9 Å². The van der Waals surface area contributed by atoms with Gasteiger partial charge in [-0.2, -0.15) is 0 Å². The number of rotatable bonds is 3. The Morgan fingerprint density at radius 3 is 2.44 bits per heavy atom. The number of piperazine rings is 1. The molecule has 1 saturated heterocycles. The lowest BCUT2D eigenvalue weighted by Gasteiger charge is -2.42. The predicted octanol–water partition coefficient (Wildman–Crippen LogP) is 2.08. The third kappa shape index (κ3) is 3.34. The van der Waals surface area contributed by atoms with Gasteiger partial charge in [-0.1, -0.05) is 18.2 Å². The zero-order valence-electron chi connectivity index (χ0n) is 16.5. The molecule has 0 spiro atoms. The highest BCUT2D eigenvalue weighted by Gasteiger charge is 2.40. The van der Waals surface area contributed by atoms with Crippen LogP contribution in [0.25, 0.3) is 0 Å². The molecule has 2 aromatic rings. The first-order chi connectivity index (χ1) is 13.1. The van der Waals surface area contributed by atoms with Crippen molar-refractivity contribution in [1.29, 1.82) is 0 Å². The standard InChI is InChI=1S/C21H29N5O/c1-16(2)26-10-9-18-19(23(3)15-22-18)20(26)21(27)25-13-11-24(12-14-25)17-7-5-4-6-8-17/h4-8,15-16,20H,9-14H2,1-3H3. The molecule has 1 aromatic heterocycles. The Morgan fingerprint density at radius 1 is 1.07 bits per heavy atom. The average molecular weight is 367 g/mol. The van der Waals surface area contributed by atoms with Crippen molar-refractivity contribution in [2.24, 2.45) is 7.05 Å². The number of nitrogens with zero attached hydrogens (tertiary/aromatic N) is 5. The van der Waals surface area contributed by atoms with E-state index in [-0.39, 0.29) is 11.9 Å². The van der Waals surface area contributed by atoms with E-state index in [1.165, 1.54) is 5.69 Å². The van der Waals surface area contributed by atoms with Gasteiger partial charge in [0.1, 0.15) is 6.04 Å². The van der Waals surface area contributed by atoms with Crippen LogP contribution in [0.1, 0.15) is 31.3 Å². The summed E-state index contributed by atoms with van der Waals surface area (Å²) < 4.78 is 2.03. The lowest BCUT2D eigenvalue weighted by Crippen LogP contribution is -2.54. The Morgan fingerprint density at radius 2 is 1.78 bits per heavy atom. The van der Waals surface area contributed by atoms with Crippen molar-refractivity contribution in [3.8, 4) is 0 Å². The van der Waals surface area contributed by atoms with Crippen molar-refractivity contribution in [3.63, 3.8) is 0 Å². The van der Waals surface area contributed by atoms with Crippen LogP contribution in [0.4, 0.5) is 5.69 Å². The molecule has 2 aliphatic rings. The first-order valence-corrected chi connectivity index (χ1v) is 9.91. The third-order valence-corrected chi connectivity index (χ3v) is 5.87. The van der Waals surface area contributed by atoms with Crippen molar-refractivity contribution in [2.45, 2.75) is 32.4 Å². The van der Waals surface area contributed by atoms with Gasteiger partial charge in [-0.05, 0) is 26.0 Å². The maximum atomic E-state index is 13.5. The van der Waals surface area contributed by atoms with E-state index in [4.69, 9.17) is 0 Å². The number of hydrogen-bond acceptors (Lipinski definition) is 4. The zero-order valence-corrected chi connectivity index (χ0v) is 16.5. The Labute approximate surface area is 161 Å². The summed E-state index contributed by atoms with van der Waals surface area (Å²) in [6.45, 7) is 8.53.